The highest BCUT2D eigenvalue weighted by Crippen LogP contribution is 2.21. The average Bonchev–Trinajstić information content (AvgIpc) is 3.08. The van der Waals surface area contributed by atoms with Crippen molar-refractivity contribution < 1.29 is 13.2 Å². The van der Waals surface area contributed by atoms with Crippen LogP contribution in [-0.2, 0) is 21.2 Å². The zero-order valence-corrected chi connectivity index (χ0v) is 14.4. The van der Waals surface area contributed by atoms with Gasteiger partial charge in [-0.3, -0.25) is 4.79 Å². The van der Waals surface area contributed by atoms with Crippen molar-refractivity contribution in [3.63, 3.8) is 0 Å². The van der Waals surface area contributed by atoms with Crippen molar-refractivity contribution in [2.45, 2.75) is 18.2 Å². The number of nitrogens with one attached hydrogen (secondary N) is 1. The highest BCUT2D eigenvalue weighted by molar-refractivity contribution is 7.89. The smallest absolute Gasteiger partial charge is 0.243 e. The maximum absolute atomic E-state index is 12.8. The Kier molecular flexibility index (Phi) is 4.73. The summed E-state index contributed by atoms with van der Waals surface area (Å²) in [6, 6.07) is 10.7. The molecule has 24 heavy (non-hydrogen) atoms. The van der Waals surface area contributed by atoms with Gasteiger partial charge in [0.25, 0.3) is 0 Å². The predicted molar refractivity (Wildman–Crippen MR) is 91.0 cm³/mol. The molecule has 1 fully saturated rings. The second-order valence-electron chi connectivity index (χ2n) is 5.92. The molecule has 0 saturated carbocycles. The second kappa shape index (κ2) is 6.78. The van der Waals surface area contributed by atoms with Crippen molar-refractivity contribution in [2.75, 3.05) is 26.2 Å². The fourth-order valence-electron chi connectivity index (χ4n) is 2.92. The van der Waals surface area contributed by atoms with E-state index in [2.05, 4.69) is 4.98 Å². The zero-order valence-electron chi connectivity index (χ0n) is 13.6. The van der Waals surface area contributed by atoms with E-state index in [9.17, 15) is 13.2 Å². The predicted octanol–water partition coefficient (Wildman–Crippen LogP) is 1.40. The highest BCUT2D eigenvalue weighted by Gasteiger charge is 2.30. The van der Waals surface area contributed by atoms with E-state index in [0.29, 0.717) is 37.5 Å². The van der Waals surface area contributed by atoms with Gasteiger partial charge in [-0.25, -0.2) is 8.42 Å². The topological polar surface area (TPSA) is 73.5 Å². The van der Waals surface area contributed by atoms with Gasteiger partial charge in [0.05, 0.1) is 11.3 Å². The van der Waals surface area contributed by atoms with Gasteiger partial charge in [0.1, 0.15) is 0 Å². The van der Waals surface area contributed by atoms with Crippen molar-refractivity contribution in [1.82, 2.24) is 14.2 Å². The van der Waals surface area contributed by atoms with Crippen LogP contribution < -0.4 is 0 Å². The Morgan fingerprint density at radius 3 is 2.42 bits per heavy atom. The molecular formula is C17H21N3O3S. The van der Waals surface area contributed by atoms with Gasteiger partial charge in [0.2, 0.25) is 15.9 Å². The lowest BCUT2D eigenvalue weighted by molar-refractivity contribution is -0.131. The van der Waals surface area contributed by atoms with Crippen LogP contribution in [0, 0.1) is 6.92 Å². The summed E-state index contributed by atoms with van der Waals surface area (Å²) in [7, 11) is -3.50. The number of benzene rings is 1. The van der Waals surface area contributed by atoms with E-state index >= 15 is 0 Å². The van der Waals surface area contributed by atoms with Crippen molar-refractivity contribution in [1.29, 1.82) is 0 Å². The van der Waals surface area contributed by atoms with Crippen LogP contribution in [0.1, 0.15) is 11.3 Å². The number of nitrogens with zero attached hydrogens (tertiary/aromatic N) is 2. The third-order valence-corrected chi connectivity index (χ3v) is 6.37. The van der Waals surface area contributed by atoms with E-state index in [0.717, 1.165) is 11.3 Å². The second-order valence-corrected chi connectivity index (χ2v) is 7.83. The van der Waals surface area contributed by atoms with Gasteiger partial charge in [-0.05, 0) is 30.7 Å². The Hall–Kier alpha value is -2.12. The normalized spacial score (nSPS) is 16.3. The molecule has 0 bridgehead atoms. The number of aromatic nitrogens is 1. The van der Waals surface area contributed by atoms with E-state index in [1.54, 1.807) is 36.2 Å². The molecule has 7 heteroatoms. The molecular weight excluding hydrogens is 326 g/mol. The molecule has 1 amide bonds. The number of rotatable bonds is 4. The quantitative estimate of drug-likeness (QED) is 0.908. The van der Waals surface area contributed by atoms with Gasteiger partial charge < -0.3 is 9.88 Å². The molecule has 128 valence electrons. The van der Waals surface area contributed by atoms with E-state index in [-0.39, 0.29) is 5.91 Å². The molecule has 1 aliphatic rings. The fourth-order valence-corrected chi connectivity index (χ4v) is 4.56. The number of carbonyl (C=O) groups excluding carboxylic acids is 1. The lowest BCUT2D eigenvalue weighted by Crippen LogP contribution is -2.50. The monoisotopic (exact) mass is 347 g/mol. The minimum absolute atomic E-state index is 0.0189. The molecule has 3 rings (SSSR count). The molecule has 0 spiro atoms. The van der Waals surface area contributed by atoms with Gasteiger partial charge in [0.15, 0.2) is 0 Å². The summed E-state index contributed by atoms with van der Waals surface area (Å²) in [4.78, 5) is 17.4. The minimum atomic E-state index is -3.50. The van der Waals surface area contributed by atoms with Gasteiger partial charge in [-0.15, -0.1) is 0 Å². The Bertz CT molecular complexity index is 807. The first kappa shape index (κ1) is 16.7. The molecule has 1 N–H and O–H groups in total. The Morgan fingerprint density at radius 2 is 1.79 bits per heavy atom. The van der Waals surface area contributed by atoms with Crippen LogP contribution in [0.15, 0.2) is 47.5 Å². The number of aromatic amines is 1. The average molecular weight is 347 g/mol. The van der Waals surface area contributed by atoms with Crippen molar-refractivity contribution in [3.05, 3.63) is 53.9 Å². The van der Waals surface area contributed by atoms with Gasteiger partial charge in [-0.1, -0.05) is 18.2 Å². The van der Waals surface area contributed by atoms with E-state index in [1.807, 2.05) is 18.2 Å². The highest BCUT2D eigenvalue weighted by atomic mass is 32.2. The zero-order chi connectivity index (χ0) is 17.2. The third kappa shape index (κ3) is 3.37. The van der Waals surface area contributed by atoms with E-state index < -0.39 is 10.0 Å². The molecule has 0 atom stereocenters. The number of aryl methyl sites for hydroxylation is 1. The number of piperazine rings is 1. The van der Waals surface area contributed by atoms with Crippen LogP contribution in [0.5, 0.6) is 0 Å². The number of H-pyrrole nitrogens is 1. The summed E-state index contributed by atoms with van der Waals surface area (Å²) in [5.74, 6) is 0.0189. The van der Waals surface area contributed by atoms with Crippen LogP contribution >= 0.6 is 0 Å². The largest absolute Gasteiger partial charge is 0.365 e. The standard InChI is InChI=1S/C17H21N3O3S/c1-14-5-2-3-7-16(14)24(22,23)20-11-9-19(10-12-20)17(21)13-15-6-4-8-18-15/h2-8,18H,9-13H2,1H3. The van der Waals surface area contributed by atoms with E-state index in [1.165, 1.54) is 4.31 Å². The van der Waals surface area contributed by atoms with Crippen LogP contribution in [0.25, 0.3) is 0 Å². The number of carbonyl (C=O) groups is 1. The van der Waals surface area contributed by atoms with Crippen molar-refractivity contribution in [3.8, 4) is 0 Å². The van der Waals surface area contributed by atoms with Gasteiger partial charge in [-0.2, -0.15) is 4.31 Å². The molecule has 0 unspecified atom stereocenters. The Balaban J connectivity index is 1.64. The first-order valence-electron chi connectivity index (χ1n) is 7.94. The number of sulfonamides is 1. The van der Waals surface area contributed by atoms with Crippen LogP contribution in [0.3, 0.4) is 0 Å². The molecule has 2 heterocycles. The van der Waals surface area contributed by atoms with Crippen LogP contribution in [0.4, 0.5) is 0 Å². The van der Waals surface area contributed by atoms with Crippen molar-refractivity contribution >= 4 is 15.9 Å². The molecule has 6 nitrogen and oxygen atoms in total. The minimum Gasteiger partial charge on any atom is -0.365 e. The summed E-state index contributed by atoms with van der Waals surface area (Å²) >= 11 is 0. The lowest BCUT2D eigenvalue weighted by Gasteiger charge is -2.34. The van der Waals surface area contributed by atoms with Crippen LogP contribution in [-0.4, -0.2) is 54.7 Å². The molecule has 1 aliphatic heterocycles. The first-order chi connectivity index (χ1) is 11.5. The number of hydrogen-bond donors (Lipinski definition) is 1. The summed E-state index contributed by atoms with van der Waals surface area (Å²) in [5.41, 5.74) is 1.61. The molecule has 2 aromatic rings. The number of amides is 1. The van der Waals surface area contributed by atoms with Gasteiger partial charge >= 0.3 is 0 Å². The third-order valence-electron chi connectivity index (χ3n) is 4.31. The maximum atomic E-state index is 12.8. The molecule has 0 aliphatic carbocycles. The Labute approximate surface area is 142 Å². The SMILES string of the molecule is Cc1ccccc1S(=O)(=O)N1CCN(C(=O)Cc2ccc[nH]2)CC1. The van der Waals surface area contributed by atoms with Crippen molar-refractivity contribution in [2.24, 2.45) is 0 Å². The molecule has 1 saturated heterocycles. The number of hydrogen-bond acceptors (Lipinski definition) is 3. The summed E-state index contributed by atoms with van der Waals surface area (Å²) in [6.45, 7) is 3.29. The van der Waals surface area contributed by atoms with E-state index in [4.69, 9.17) is 0 Å². The van der Waals surface area contributed by atoms with Gasteiger partial charge in [0, 0.05) is 38.1 Å². The lowest BCUT2D eigenvalue weighted by atomic mass is 10.2. The maximum Gasteiger partial charge on any atom is 0.243 e. The summed E-state index contributed by atoms with van der Waals surface area (Å²) in [6.07, 6.45) is 2.10. The molecule has 0 radical (unpaired) electrons. The fraction of sp³-hybridized carbons (Fsp3) is 0.353. The molecule has 1 aromatic heterocycles. The first-order valence-corrected chi connectivity index (χ1v) is 9.38. The molecule has 1 aromatic carbocycles. The summed E-state index contributed by atoms with van der Waals surface area (Å²) < 4.78 is 27.0. The summed E-state index contributed by atoms with van der Waals surface area (Å²) in [5, 5.41) is 0. The Morgan fingerprint density at radius 1 is 1.08 bits per heavy atom. The van der Waals surface area contributed by atoms with Crippen LogP contribution in [0.2, 0.25) is 0 Å².